The van der Waals surface area contributed by atoms with Crippen LogP contribution in [0.15, 0.2) is 42.5 Å². The number of rotatable bonds is 1. The number of pyridine rings is 1. The van der Waals surface area contributed by atoms with Crippen LogP contribution in [0.2, 0.25) is 0 Å². The van der Waals surface area contributed by atoms with Crippen LogP contribution >= 0.6 is 0 Å². The highest BCUT2D eigenvalue weighted by atomic mass is 19.1. The van der Waals surface area contributed by atoms with E-state index in [2.05, 4.69) is 9.88 Å². The zero-order valence-electron chi connectivity index (χ0n) is 9.47. The molecule has 1 aliphatic heterocycles. The Morgan fingerprint density at radius 2 is 1.88 bits per heavy atom. The average Bonchev–Trinajstić information content (AvgIpc) is 2.67. The number of anilines is 3. The normalized spacial score (nSPS) is 14.0. The molecule has 0 saturated heterocycles. The van der Waals surface area contributed by atoms with Gasteiger partial charge in [-0.15, -0.1) is 0 Å². The van der Waals surface area contributed by atoms with E-state index in [9.17, 15) is 4.39 Å². The Bertz CT molecular complexity index is 542. The third-order valence-corrected chi connectivity index (χ3v) is 2.91. The highest BCUT2D eigenvalue weighted by Crippen LogP contribution is 2.37. The number of hydrogen-bond acceptors (Lipinski definition) is 3. The zero-order chi connectivity index (χ0) is 11.8. The molecule has 0 aliphatic carbocycles. The average molecular weight is 229 g/mol. The molecule has 0 spiro atoms. The Morgan fingerprint density at radius 1 is 1.12 bits per heavy atom. The lowest BCUT2D eigenvalue weighted by molar-refractivity contribution is 0.585. The fourth-order valence-electron chi connectivity index (χ4n) is 2.08. The quantitative estimate of drug-likeness (QED) is 0.701. The van der Waals surface area contributed by atoms with Gasteiger partial charge in [-0.3, -0.25) is 0 Å². The van der Waals surface area contributed by atoms with Gasteiger partial charge in [-0.1, -0.05) is 18.2 Å². The van der Waals surface area contributed by atoms with Gasteiger partial charge in [-0.2, -0.15) is 9.37 Å². The Labute approximate surface area is 99.1 Å². The van der Waals surface area contributed by atoms with Gasteiger partial charge in [-0.05, 0) is 24.3 Å². The van der Waals surface area contributed by atoms with Gasteiger partial charge in [0.05, 0.1) is 12.4 Å². The van der Waals surface area contributed by atoms with Crippen molar-refractivity contribution in [1.82, 2.24) is 4.98 Å². The van der Waals surface area contributed by atoms with E-state index < -0.39 is 5.95 Å². The van der Waals surface area contributed by atoms with Crippen LogP contribution in [-0.2, 0) is 0 Å². The van der Waals surface area contributed by atoms with Crippen molar-refractivity contribution in [3.63, 3.8) is 0 Å². The first-order chi connectivity index (χ1) is 8.25. The lowest BCUT2D eigenvalue weighted by Gasteiger charge is -2.18. The first-order valence-corrected chi connectivity index (χ1v) is 5.46. The number of fused-ring (bicyclic) bond motifs is 1. The predicted molar refractivity (Wildman–Crippen MR) is 66.0 cm³/mol. The van der Waals surface area contributed by atoms with Gasteiger partial charge in [0.15, 0.2) is 5.82 Å². The molecule has 0 N–H and O–H groups in total. The summed E-state index contributed by atoms with van der Waals surface area (Å²) in [6, 6.07) is 13.0. The van der Waals surface area contributed by atoms with E-state index in [4.69, 9.17) is 0 Å². The van der Waals surface area contributed by atoms with Crippen molar-refractivity contribution in [3.05, 3.63) is 48.4 Å². The summed E-state index contributed by atoms with van der Waals surface area (Å²) in [5, 5.41) is 0. The highest BCUT2D eigenvalue weighted by Gasteiger charge is 2.26. The van der Waals surface area contributed by atoms with Crippen LogP contribution in [0.3, 0.4) is 0 Å². The van der Waals surface area contributed by atoms with E-state index in [1.165, 1.54) is 6.07 Å². The molecule has 17 heavy (non-hydrogen) atoms. The van der Waals surface area contributed by atoms with Crippen molar-refractivity contribution < 1.29 is 4.39 Å². The zero-order valence-corrected chi connectivity index (χ0v) is 9.47. The first kappa shape index (κ1) is 10.1. The number of benzene rings is 1. The van der Waals surface area contributed by atoms with Gasteiger partial charge >= 0.3 is 0 Å². The van der Waals surface area contributed by atoms with Gasteiger partial charge in [0.2, 0.25) is 5.95 Å². The molecule has 4 heteroatoms. The molecule has 1 aliphatic rings. The van der Waals surface area contributed by atoms with E-state index in [0.29, 0.717) is 12.5 Å². The molecule has 0 saturated carbocycles. The molecule has 1 aromatic carbocycles. The molecule has 0 bridgehead atoms. The minimum atomic E-state index is -0.444. The van der Waals surface area contributed by atoms with Crippen molar-refractivity contribution in [3.8, 4) is 0 Å². The monoisotopic (exact) mass is 229 g/mol. The maximum atomic E-state index is 13.2. The summed E-state index contributed by atoms with van der Waals surface area (Å²) in [5.74, 6) is 0.235. The summed E-state index contributed by atoms with van der Waals surface area (Å²) in [7, 11) is 1.97. The second-order valence-electron chi connectivity index (χ2n) is 4.08. The Balaban J connectivity index is 2.09. The minimum Gasteiger partial charge on any atom is -0.354 e. The standard InChI is InChI=1S/C13H12FN3/c1-16-9-17(10-5-3-2-4-6-10)13-11(16)7-8-12(14)15-13/h2-8H,9H2,1H3. The van der Waals surface area contributed by atoms with Crippen LogP contribution in [0.4, 0.5) is 21.6 Å². The maximum absolute atomic E-state index is 13.2. The highest BCUT2D eigenvalue weighted by molar-refractivity contribution is 5.78. The smallest absolute Gasteiger partial charge is 0.214 e. The van der Waals surface area contributed by atoms with Crippen molar-refractivity contribution >= 4 is 17.2 Å². The van der Waals surface area contributed by atoms with E-state index in [0.717, 1.165) is 11.4 Å². The molecular weight excluding hydrogens is 217 g/mol. The summed E-state index contributed by atoms with van der Waals surface area (Å²) < 4.78 is 13.2. The third-order valence-electron chi connectivity index (χ3n) is 2.91. The lowest BCUT2D eigenvalue weighted by Crippen LogP contribution is -2.24. The number of aromatic nitrogens is 1. The van der Waals surface area contributed by atoms with Gasteiger partial charge < -0.3 is 9.80 Å². The topological polar surface area (TPSA) is 19.4 Å². The van der Waals surface area contributed by atoms with E-state index in [1.807, 2.05) is 42.3 Å². The van der Waals surface area contributed by atoms with Crippen LogP contribution in [0.1, 0.15) is 0 Å². The molecule has 0 amide bonds. The summed E-state index contributed by atoms with van der Waals surface area (Å²) in [6.45, 7) is 0.690. The van der Waals surface area contributed by atoms with Gasteiger partial charge in [-0.25, -0.2) is 0 Å². The Hall–Kier alpha value is -2.10. The number of halogens is 1. The third kappa shape index (κ3) is 1.62. The molecule has 1 aromatic heterocycles. The summed E-state index contributed by atoms with van der Waals surface area (Å²) in [6.07, 6.45) is 0. The van der Waals surface area contributed by atoms with Crippen LogP contribution in [0.5, 0.6) is 0 Å². The molecule has 86 valence electrons. The maximum Gasteiger partial charge on any atom is 0.214 e. The Morgan fingerprint density at radius 3 is 2.65 bits per heavy atom. The fourth-order valence-corrected chi connectivity index (χ4v) is 2.08. The largest absolute Gasteiger partial charge is 0.354 e. The molecule has 0 radical (unpaired) electrons. The first-order valence-electron chi connectivity index (χ1n) is 5.46. The van der Waals surface area contributed by atoms with Crippen molar-refractivity contribution in [2.24, 2.45) is 0 Å². The molecule has 3 nitrogen and oxygen atoms in total. The summed E-state index contributed by atoms with van der Waals surface area (Å²) in [5.41, 5.74) is 1.98. The van der Waals surface area contributed by atoms with E-state index in [1.54, 1.807) is 6.07 Å². The second kappa shape index (κ2) is 3.73. The molecule has 2 aromatic rings. The second-order valence-corrected chi connectivity index (χ2v) is 4.08. The summed E-state index contributed by atoms with van der Waals surface area (Å²) in [4.78, 5) is 8.03. The number of nitrogens with zero attached hydrogens (tertiary/aromatic N) is 3. The molecule has 3 rings (SSSR count). The molecule has 2 heterocycles. The van der Waals surface area contributed by atoms with Crippen LogP contribution in [0.25, 0.3) is 0 Å². The van der Waals surface area contributed by atoms with Crippen molar-refractivity contribution in [2.45, 2.75) is 0 Å². The van der Waals surface area contributed by atoms with E-state index in [-0.39, 0.29) is 0 Å². The van der Waals surface area contributed by atoms with Crippen molar-refractivity contribution in [2.75, 3.05) is 23.5 Å². The van der Waals surface area contributed by atoms with Crippen LogP contribution in [0, 0.1) is 5.95 Å². The van der Waals surface area contributed by atoms with Crippen LogP contribution < -0.4 is 9.80 Å². The van der Waals surface area contributed by atoms with Gasteiger partial charge in [0, 0.05) is 12.7 Å². The molecule has 0 atom stereocenters. The number of para-hydroxylation sites is 1. The molecule has 0 unspecified atom stereocenters. The summed E-state index contributed by atoms with van der Waals surface area (Å²) >= 11 is 0. The molecular formula is C13H12FN3. The SMILES string of the molecule is CN1CN(c2ccccc2)c2nc(F)ccc21. The minimum absolute atomic E-state index is 0.444. The van der Waals surface area contributed by atoms with Gasteiger partial charge in [0.25, 0.3) is 0 Å². The lowest BCUT2D eigenvalue weighted by atomic mass is 10.3. The van der Waals surface area contributed by atoms with Crippen LogP contribution in [-0.4, -0.2) is 18.7 Å². The van der Waals surface area contributed by atoms with Gasteiger partial charge in [0.1, 0.15) is 0 Å². The van der Waals surface area contributed by atoms with Crippen molar-refractivity contribution in [1.29, 1.82) is 0 Å². The predicted octanol–water partition coefficient (Wildman–Crippen LogP) is 2.77. The number of hydrogen-bond donors (Lipinski definition) is 0. The van der Waals surface area contributed by atoms with E-state index >= 15 is 0 Å². The Kier molecular flexibility index (Phi) is 2.21. The molecule has 0 fully saturated rings. The fraction of sp³-hybridized carbons (Fsp3) is 0.154.